The first-order valence-corrected chi connectivity index (χ1v) is 8.82. The van der Waals surface area contributed by atoms with Gasteiger partial charge in [0, 0.05) is 6.54 Å². The topological polar surface area (TPSA) is 63.7 Å². The number of hydrogen-bond acceptors (Lipinski definition) is 4. The molecule has 1 saturated heterocycles. The molecule has 1 aliphatic carbocycles. The quantitative estimate of drug-likeness (QED) is 0.445. The zero-order valence-corrected chi connectivity index (χ0v) is 14.9. The van der Waals surface area contributed by atoms with Crippen molar-refractivity contribution >= 4 is 41.0 Å². The standard InChI is InChI=1S/C18H17Cl2NO4/c19-14-6-5-11(9-15(14)20)10-25-16(22)7-8-21-17(23)12-3-1-2-4-13(12)18(21)24/h1-2,5-6,9,12-13H,3-4,7-8,10H2/t12-,13-/m1/s1. The van der Waals surface area contributed by atoms with Crippen molar-refractivity contribution in [1.29, 1.82) is 0 Å². The first-order valence-electron chi connectivity index (χ1n) is 8.07. The number of imide groups is 1. The number of esters is 1. The smallest absolute Gasteiger partial charge is 0.307 e. The molecule has 0 N–H and O–H groups in total. The SMILES string of the molecule is O=C(CCN1C(=O)[C@@H]2CC=CC[C@H]2C1=O)OCc1ccc(Cl)c(Cl)c1. The average Bonchev–Trinajstić information content (AvgIpc) is 2.85. The van der Waals surface area contributed by atoms with Gasteiger partial charge in [0.25, 0.3) is 0 Å². The Morgan fingerprint density at radius 1 is 1.08 bits per heavy atom. The van der Waals surface area contributed by atoms with E-state index in [4.69, 9.17) is 27.9 Å². The Morgan fingerprint density at radius 3 is 2.32 bits per heavy atom. The summed E-state index contributed by atoms with van der Waals surface area (Å²) in [5, 5.41) is 0.818. The Morgan fingerprint density at radius 2 is 1.72 bits per heavy atom. The summed E-state index contributed by atoms with van der Waals surface area (Å²) in [7, 11) is 0. The van der Waals surface area contributed by atoms with Crippen molar-refractivity contribution in [2.45, 2.75) is 25.9 Å². The molecule has 0 aromatic heterocycles. The van der Waals surface area contributed by atoms with Gasteiger partial charge in [-0.05, 0) is 30.5 Å². The monoisotopic (exact) mass is 381 g/mol. The Hall–Kier alpha value is -1.85. The van der Waals surface area contributed by atoms with E-state index in [-0.39, 0.29) is 43.2 Å². The normalized spacial score (nSPS) is 22.2. The van der Waals surface area contributed by atoms with Gasteiger partial charge in [0.1, 0.15) is 6.61 Å². The second-order valence-electron chi connectivity index (χ2n) is 6.14. The molecule has 1 fully saturated rings. The second kappa shape index (κ2) is 7.58. The van der Waals surface area contributed by atoms with Gasteiger partial charge in [-0.15, -0.1) is 0 Å². The van der Waals surface area contributed by atoms with E-state index in [0.29, 0.717) is 28.5 Å². The number of amides is 2. The minimum atomic E-state index is -0.473. The van der Waals surface area contributed by atoms with Crippen LogP contribution < -0.4 is 0 Å². The van der Waals surface area contributed by atoms with Crippen molar-refractivity contribution in [2.75, 3.05) is 6.54 Å². The maximum absolute atomic E-state index is 12.3. The summed E-state index contributed by atoms with van der Waals surface area (Å²) in [4.78, 5) is 37.7. The fraction of sp³-hybridized carbons (Fsp3) is 0.389. The number of carbonyl (C=O) groups excluding carboxylic acids is 3. The predicted octanol–water partition coefficient (Wildman–Crippen LogP) is 3.38. The van der Waals surface area contributed by atoms with Crippen molar-refractivity contribution in [1.82, 2.24) is 4.90 Å². The molecule has 0 unspecified atom stereocenters. The molecular weight excluding hydrogens is 365 g/mol. The van der Waals surface area contributed by atoms with Gasteiger partial charge in [-0.1, -0.05) is 41.4 Å². The molecule has 0 radical (unpaired) electrons. The van der Waals surface area contributed by atoms with Crippen molar-refractivity contribution in [3.05, 3.63) is 46.0 Å². The lowest BCUT2D eigenvalue weighted by Gasteiger charge is -2.14. The molecule has 1 heterocycles. The van der Waals surface area contributed by atoms with Gasteiger partial charge in [-0.2, -0.15) is 0 Å². The summed E-state index contributed by atoms with van der Waals surface area (Å²) < 4.78 is 5.17. The molecule has 0 spiro atoms. The number of hydrogen-bond donors (Lipinski definition) is 0. The zero-order chi connectivity index (χ0) is 18.0. The predicted molar refractivity (Wildman–Crippen MR) is 92.9 cm³/mol. The summed E-state index contributed by atoms with van der Waals surface area (Å²) in [6.45, 7) is 0.123. The van der Waals surface area contributed by atoms with Crippen molar-refractivity contribution in [3.63, 3.8) is 0 Å². The van der Waals surface area contributed by atoms with Gasteiger partial charge >= 0.3 is 5.97 Å². The largest absolute Gasteiger partial charge is 0.461 e. The summed E-state index contributed by atoms with van der Waals surface area (Å²) in [5.74, 6) is -1.39. The Kier molecular flexibility index (Phi) is 5.45. The average molecular weight is 382 g/mol. The molecule has 0 bridgehead atoms. The first-order chi connectivity index (χ1) is 12.0. The van der Waals surface area contributed by atoms with Crippen LogP contribution in [-0.2, 0) is 25.7 Å². The molecule has 7 heteroatoms. The highest BCUT2D eigenvalue weighted by Gasteiger charge is 2.46. The highest BCUT2D eigenvalue weighted by Crippen LogP contribution is 2.35. The molecule has 2 aliphatic rings. The molecular formula is C18H17Cl2NO4. The number of rotatable bonds is 5. The maximum Gasteiger partial charge on any atom is 0.307 e. The van der Waals surface area contributed by atoms with E-state index in [1.807, 2.05) is 12.2 Å². The lowest BCUT2D eigenvalue weighted by Crippen LogP contribution is -2.33. The number of carbonyl (C=O) groups is 3. The summed E-state index contributed by atoms with van der Waals surface area (Å²) in [6, 6.07) is 4.97. The Bertz CT molecular complexity index is 721. The van der Waals surface area contributed by atoms with Crippen LogP contribution in [0.5, 0.6) is 0 Å². The molecule has 3 rings (SSSR count). The second-order valence-corrected chi connectivity index (χ2v) is 6.96. The lowest BCUT2D eigenvalue weighted by atomic mass is 9.85. The number of allylic oxidation sites excluding steroid dienone is 2. The molecule has 5 nitrogen and oxygen atoms in total. The molecule has 1 aromatic carbocycles. The fourth-order valence-electron chi connectivity index (χ4n) is 3.16. The van der Waals surface area contributed by atoms with Crippen LogP contribution in [0.4, 0.5) is 0 Å². The molecule has 0 saturated carbocycles. The van der Waals surface area contributed by atoms with Crippen LogP contribution in [0.25, 0.3) is 0 Å². The van der Waals surface area contributed by atoms with Crippen LogP contribution in [0, 0.1) is 11.8 Å². The van der Waals surface area contributed by atoms with E-state index in [1.165, 1.54) is 4.90 Å². The van der Waals surface area contributed by atoms with Gasteiger partial charge in [-0.25, -0.2) is 0 Å². The van der Waals surface area contributed by atoms with Crippen LogP contribution in [0.15, 0.2) is 30.4 Å². The highest BCUT2D eigenvalue weighted by molar-refractivity contribution is 6.42. The highest BCUT2D eigenvalue weighted by atomic mass is 35.5. The lowest BCUT2D eigenvalue weighted by molar-refractivity contribution is -0.146. The van der Waals surface area contributed by atoms with Gasteiger partial charge < -0.3 is 4.74 Å². The van der Waals surface area contributed by atoms with E-state index in [1.54, 1.807) is 18.2 Å². The van der Waals surface area contributed by atoms with E-state index < -0.39 is 5.97 Å². The number of nitrogens with zero attached hydrogens (tertiary/aromatic N) is 1. The third kappa shape index (κ3) is 3.88. The summed E-state index contributed by atoms with van der Waals surface area (Å²) in [6.07, 6.45) is 5.02. The van der Waals surface area contributed by atoms with Crippen LogP contribution in [0.2, 0.25) is 10.0 Å². The van der Waals surface area contributed by atoms with E-state index in [0.717, 1.165) is 0 Å². The van der Waals surface area contributed by atoms with Gasteiger partial charge in [0.2, 0.25) is 11.8 Å². The van der Waals surface area contributed by atoms with E-state index >= 15 is 0 Å². The van der Waals surface area contributed by atoms with Crippen LogP contribution >= 0.6 is 23.2 Å². The van der Waals surface area contributed by atoms with Crippen molar-refractivity contribution in [2.24, 2.45) is 11.8 Å². The fourth-order valence-corrected chi connectivity index (χ4v) is 3.48. The first kappa shape index (κ1) is 18.0. The third-order valence-corrected chi connectivity index (χ3v) is 5.26. The van der Waals surface area contributed by atoms with Gasteiger partial charge in [0.05, 0.1) is 28.3 Å². The third-order valence-electron chi connectivity index (χ3n) is 4.52. The Labute approximate surface area is 155 Å². The minimum Gasteiger partial charge on any atom is -0.461 e. The minimum absolute atomic E-state index is 0.0222. The number of ether oxygens (including phenoxy) is 1. The molecule has 132 valence electrons. The maximum atomic E-state index is 12.3. The van der Waals surface area contributed by atoms with Crippen LogP contribution in [0.1, 0.15) is 24.8 Å². The number of halogens is 2. The van der Waals surface area contributed by atoms with Crippen molar-refractivity contribution < 1.29 is 19.1 Å². The number of benzene rings is 1. The zero-order valence-electron chi connectivity index (χ0n) is 13.4. The van der Waals surface area contributed by atoms with Crippen LogP contribution in [0.3, 0.4) is 0 Å². The molecule has 25 heavy (non-hydrogen) atoms. The Balaban J connectivity index is 1.50. The molecule has 2 atom stereocenters. The summed E-state index contributed by atoms with van der Waals surface area (Å²) in [5.41, 5.74) is 0.716. The molecule has 1 aromatic rings. The van der Waals surface area contributed by atoms with Crippen molar-refractivity contribution in [3.8, 4) is 0 Å². The van der Waals surface area contributed by atoms with Gasteiger partial charge in [0.15, 0.2) is 0 Å². The van der Waals surface area contributed by atoms with Crippen LogP contribution in [-0.4, -0.2) is 29.2 Å². The molecule has 1 aliphatic heterocycles. The summed E-state index contributed by atoms with van der Waals surface area (Å²) >= 11 is 11.7. The van der Waals surface area contributed by atoms with Gasteiger partial charge in [-0.3, -0.25) is 19.3 Å². The van der Waals surface area contributed by atoms with E-state index in [2.05, 4.69) is 0 Å². The molecule has 2 amide bonds. The van der Waals surface area contributed by atoms with E-state index in [9.17, 15) is 14.4 Å². The number of likely N-dealkylation sites (tertiary alicyclic amines) is 1. The number of fused-ring (bicyclic) bond motifs is 1.